The van der Waals surface area contributed by atoms with Crippen LogP contribution in [0.5, 0.6) is 0 Å². The summed E-state index contributed by atoms with van der Waals surface area (Å²) < 4.78 is 0. The first-order valence-electron chi connectivity index (χ1n) is 8.64. The van der Waals surface area contributed by atoms with Crippen molar-refractivity contribution in [3.05, 3.63) is 35.9 Å². The Bertz CT molecular complexity index is 594. The quantitative estimate of drug-likeness (QED) is 0.444. The molecular formula is C20H29NOSi. The van der Waals surface area contributed by atoms with E-state index in [1.54, 1.807) is 0 Å². The highest BCUT2D eigenvalue weighted by atomic mass is 28.3. The van der Waals surface area contributed by atoms with Gasteiger partial charge >= 0.3 is 0 Å². The fourth-order valence-electron chi connectivity index (χ4n) is 3.05. The smallest absolute Gasteiger partial charge is 0.228 e. The predicted molar refractivity (Wildman–Crippen MR) is 99.6 cm³/mol. The number of unbranched alkanes of at least 4 members (excludes halogenated alkanes) is 1. The van der Waals surface area contributed by atoms with Crippen LogP contribution in [0.1, 0.15) is 38.2 Å². The maximum atomic E-state index is 12.8. The van der Waals surface area contributed by atoms with E-state index in [0.29, 0.717) is 5.91 Å². The summed E-state index contributed by atoms with van der Waals surface area (Å²) in [4.78, 5) is 14.8. The average Bonchev–Trinajstić information content (AvgIpc) is 2.76. The summed E-state index contributed by atoms with van der Waals surface area (Å²) in [5.74, 6) is 3.64. The summed E-state index contributed by atoms with van der Waals surface area (Å²) in [6, 6.07) is 10.3. The Balaban J connectivity index is 1.85. The van der Waals surface area contributed by atoms with Gasteiger partial charge in [-0.05, 0) is 24.8 Å². The topological polar surface area (TPSA) is 20.3 Å². The number of carbonyl (C=O) groups is 1. The van der Waals surface area contributed by atoms with Gasteiger partial charge in [0, 0.05) is 24.9 Å². The molecule has 1 atom stereocenters. The third kappa shape index (κ3) is 5.25. The van der Waals surface area contributed by atoms with Crippen molar-refractivity contribution >= 4 is 14.0 Å². The van der Waals surface area contributed by atoms with Crippen molar-refractivity contribution in [2.24, 2.45) is 5.41 Å². The highest BCUT2D eigenvalue weighted by Gasteiger charge is 2.41. The van der Waals surface area contributed by atoms with Crippen LogP contribution in [-0.4, -0.2) is 25.4 Å². The summed E-state index contributed by atoms with van der Waals surface area (Å²) in [6.45, 7) is 10.6. The molecule has 1 aliphatic rings. The first-order chi connectivity index (χ1) is 10.8. The van der Waals surface area contributed by atoms with Crippen molar-refractivity contribution in [3.8, 4) is 11.5 Å². The lowest BCUT2D eigenvalue weighted by molar-refractivity contribution is -0.136. The SMILES string of the molecule is CC1(CCCC#C[Si](C)(C)C)CCN(Cc2ccccc2)C1=O. The van der Waals surface area contributed by atoms with Crippen LogP contribution >= 0.6 is 0 Å². The van der Waals surface area contributed by atoms with E-state index in [1.807, 2.05) is 23.1 Å². The molecule has 0 aliphatic carbocycles. The van der Waals surface area contributed by atoms with E-state index >= 15 is 0 Å². The van der Waals surface area contributed by atoms with Gasteiger partial charge in [0.05, 0.1) is 0 Å². The van der Waals surface area contributed by atoms with Gasteiger partial charge in [-0.1, -0.05) is 56.9 Å². The fraction of sp³-hybridized carbons (Fsp3) is 0.550. The molecule has 124 valence electrons. The Morgan fingerprint density at radius 3 is 2.57 bits per heavy atom. The third-order valence-electron chi connectivity index (χ3n) is 4.45. The van der Waals surface area contributed by atoms with Crippen molar-refractivity contribution in [2.45, 2.75) is 58.8 Å². The van der Waals surface area contributed by atoms with Crippen LogP contribution in [-0.2, 0) is 11.3 Å². The van der Waals surface area contributed by atoms with E-state index in [-0.39, 0.29) is 5.41 Å². The van der Waals surface area contributed by atoms with E-state index < -0.39 is 8.07 Å². The molecule has 1 unspecified atom stereocenters. The number of hydrogen-bond acceptors (Lipinski definition) is 1. The number of rotatable bonds is 5. The zero-order chi connectivity index (χ0) is 16.9. The predicted octanol–water partition coefficient (Wildman–Crippen LogP) is 4.48. The fourth-order valence-corrected chi connectivity index (χ4v) is 3.71. The van der Waals surface area contributed by atoms with Crippen LogP contribution in [0.25, 0.3) is 0 Å². The molecule has 0 radical (unpaired) electrons. The highest BCUT2D eigenvalue weighted by Crippen LogP contribution is 2.37. The van der Waals surface area contributed by atoms with E-state index in [4.69, 9.17) is 0 Å². The highest BCUT2D eigenvalue weighted by molar-refractivity contribution is 6.83. The molecule has 0 N–H and O–H groups in total. The molecular weight excluding hydrogens is 298 g/mol. The molecule has 0 saturated carbocycles. The third-order valence-corrected chi connectivity index (χ3v) is 5.37. The Labute approximate surface area is 142 Å². The molecule has 1 aromatic rings. The molecule has 1 aromatic carbocycles. The summed E-state index contributed by atoms with van der Waals surface area (Å²) in [6.07, 6.45) is 3.88. The Kier molecular flexibility index (Phi) is 5.70. The lowest BCUT2D eigenvalue weighted by atomic mass is 9.83. The van der Waals surface area contributed by atoms with E-state index in [0.717, 1.165) is 38.8 Å². The molecule has 1 aliphatic heterocycles. The minimum absolute atomic E-state index is 0.185. The van der Waals surface area contributed by atoms with Crippen molar-refractivity contribution in [2.75, 3.05) is 6.54 Å². The van der Waals surface area contributed by atoms with Crippen molar-refractivity contribution < 1.29 is 4.79 Å². The lowest BCUT2D eigenvalue weighted by Crippen LogP contribution is -2.32. The van der Waals surface area contributed by atoms with Gasteiger partial charge in [0.2, 0.25) is 5.91 Å². The van der Waals surface area contributed by atoms with Gasteiger partial charge in [-0.2, -0.15) is 0 Å². The normalized spacial score (nSPS) is 21.2. The second kappa shape index (κ2) is 7.36. The average molecular weight is 328 g/mol. The van der Waals surface area contributed by atoms with Crippen molar-refractivity contribution in [1.29, 1.82) is 0 Å². The van der Waals surface area contributed by atoms with Gasteiger partial charge in [-0.25, -0.2) is 0 Å². The molecule has 1 fully saturated rings. The van der Waals surface area contributed by atoms with Crippen molar-refractivity contribution in [3.63, 3.8) is 0 Å². The van der Waals surface area contributed by atoms with Gasteiger partial charge in [0.1, 0.15) is 8.07 Å². The largest absolute Gasteiger partial charge is 0.338 e. The van der Waals surface area contributed by atoms with Crippen LogP contribution < -0.4 is 0 Å². The molecule has 23 heavy (non-hydrogen) atoms. The molecule has 2 rings (SSSR count). The molecule has 0 bridgehead atoms. The second-order valence-electron chi connectivity index (χ2n) is 7.93. The number of carbonyl (C=O) groups excluding carboxylic acids is 1. The number of amides is 1. The zero-order valence-electron chi connectivity index (χ0n) is 15.0. The van der Waals surface area contributed by atoms with E-state index in [9.17, 15) is 4.79 Å². The number of likely N-dealkylation sites (tertiary alicyclic amines) is 1. The molecule has 1 heterocycles. The van der Waals surface area contributed by atoms with Gasteiger partial charge in [0.15, 0.2) is 0 Å². The van der Waals surface area contributed by atoms with E-state index in [1.165, 1.54) is 5.56 Å². The summed E-state index contributed by atoms with van der Waals surface area (Å²) in [7, 11) is -1.26. The molecule has 3 heteroatoms. The maximum absolute atomic E-state index is 12.8. The van der Waals surface area contributed by atoms with Gasteiger partial charge in [0.25, 0.3) is 0 Å². The second-order valence-corrected chi connectivity index (χ2v) is 12.7. The minimum Gasteiger partial charge on any atom is -0.338 e. The van der Waals surface area contributed by atoms with Gasteiger partial charge < -0.3 is 4.90 Å². The monoisotopic (exact) mass is 327 g/mol. The molecule has 0 spiro atoms. The first-order valence-corrected chi connectivity index (χ1v) is 12.1. The first kappa shape index (κ1) is 17.8. The zero-order valence-corrected chi connectivity index (χ0v) is 16.0. The lowest BCUT2D eigenvalue weighted by Gasteiger charge is -2.23. The summed E-state index contributed by atoms with van der Waals surface area (Å²) in [5, 5.41) is 0. The van der Waals surface area contributed by atoms with Crippen LogP contribution in [0, 0.1) is 16.9 Å². The molecule has 1 saturated heterocycles. The minimum atomic E-state index is -1.26. The van der Waals surface area contributed by atoms with Crippen LogP contribution in [0.4, 0.5) is 0 Å². The number of nitrogens with zero attached hydrogens (tertiary/aromatic N) is 1. The summed E-state index contributed by atoms with van der Waals surface area (Å²) in [5.41, 5.74) is 4.44. The number of benzene rings is 1. The van der Waals surface area contributed by atoms with Crippen molar-refractivity contribution in [1.82, 2.24) is 4.90 Å². The van der Waals surface area contributed by atoms with Gasteiger partial charge in [-0.15, -0.1) is 11.5 Å². The van der Waals surface area contributed by atoms with Gasteiger partial charge in [-0.3, -0.25) is 4.79 Å². The Morgan fingerprint density at radius 2 is 1.91 bits per heavy atom. The van der Waals surface area contributed by atoms with E-state index in [2.05, 4.69) is 50.2 Å². The summed E-state index contributed by atoms with van der Waals surface area (Å²) >= 11 is 0. The molecule has 0 aromatic heterocycles. The molecule has 2 nitrogen and oxygen atoms in total. The maximum Gasteiger partial charge on any atom is 0.228 e. The number of hydrogen-bond donors (Lipinski definition) is 0. The van der Waals surface area contributed by atoms with Crippen LogP contribution in [0.3, 0.4) is 0 Å². The van der Waals surface area contributed by atoms with Crippen LogP contribution in [0.2, 0.25) is 19.6 Å². The standard InChI is InChI=1S/C20H29NOSi/c1-20(13-9-6-10-16-23(2,3)4)14-15-21(19(20)22)17-18-11-7-5-8-12-18/h5,7-8,11-12H,6,9,13-15,17H2,1-4H3. The van der Waals surface area contributed by atoms with Crippen LogP contribution in [0.15, 0.2) is 30.3 Å². The Hall–Kier alpha value is -1.53. The Morgan fingerprint density at radius 1 is 1.22 bits per heavy atom. The molecule has 1 amide bonds.